The lowest BCUT2D eigenvalue weighted by Gasteiger charge is -2.29. The molecule has 1 aromatic heterocycles. The lowest BCUT2D eigenvalue weighted by atomic mass is 10.0. The van der Waals surface area contributed by atoms with Gasteiger partial charge in [-0.1, -0.05) is 6.07 Å². The molecule has 0 saturated carbocycles. The van der Waals surface area contributed by atoms with Gasteiger partial charge in [-0.2, -0.15) is 0 Å². The molecule has 4 rings (SSSR count). The van der Waals surface area contributed by atoms with Gasteiger partial charge in [-0.05, 0) is 93.9 Å². The van der Waals surface area contributed by atoms with Gasteiger partial charge in [0.1, 0.15) is 5.82 Å². The molecular weight excluding hydrogens is 375 g/mol. The molecule has 2 N–H and O–H groups in total. The number of benzene rings is 2. The van der Waals surface area contributed by atoms with Crippen molar-refractivity contribution in [1.82, 2.24) is 14.8 Å². The van der Waals surface area contributed by atoms with E-state index in [1.807, 2.05) is 0 Å². The normalized spacial score (nSPS) is 15.2. The molecule has 1 aliphatic rings. The quantitative estimate of drug-likeness (QED) is 0.488. The van der Waals surface area contributed by atoms with Gasteiger partial charge in [-0.15, -0.1) is 0 Å². The summed E-state index contributed by atoms with van der Waals surface area (Å²) in [4.78, 5) is 2.39. The molecule has 2 heterocycles. The minimum Gasteiger partial charge on any atom is -0.334 e. The van der Waals surface area contributed by atoms with E-state index in [9.17, 15) is 4.39 Å². The monoisotopic (exact) mass is 404 g/mol. The third kappa shape index (κ3) is 4.84. The molecule has 5 heteroatoms. The largest absolute Gasteiger partial charge is 0.334 e. The van der Waals surface area contributed by atoms with Crippen molar-refractivity contribution in [2.24, 2.45) is 0 Å². The zero-order valence-corrected chi connectivity index (χ0v) is 17.7. The lowest BCUT2D eigenvalue weighted by Crippen LogP contribution is -2.40. The molecule has 1 aliphatic heterocycles. The number of piperidine rings is 1. The summed E-state index contributed by atoms with van der Waals surface area (Å²) >= 11 is 0. The smallest absolute Gasteiger partial charge is 0.123 e. The maximum atomic E-state index is 13.0. The summed E-state index contributed by atoms with van der Waals surface area (Å²) in [6, 6.07) is 18.7. The van der Waals surface area contributed by atoms with Crippen LogP contribution in [0.15, 0.2) is 48.5 Å². The Bertz CT molecular complexity index is 1050. The molecule has 0 spiro atoms. The molecule has 0 aliphatic carbocycles. The van der Waals surface area contributed by atoms with Crippen molar-refractivity contribution in [3.05, 3.63) is 65.6 Å². The summed E-state index contributed by atoms with van der Waals surface area (Å²) in [5.74, 6) is 2.96. The van der Waals surface area contributed by atoms with Gasteiger partial charge in [0, 0.05) is 41.8 Å². The standard InChI is InChI=1S/C25H29FN4/c1-3-30-24(10-13-27-22-7-5-21(26)6-8-22)17-20-16-19(4-9-25(20)30)18-28-23-11-14-29(2)15-12-23/h4-9,16-17,23,27-28H,3,11-12,14-15,18H2,1-2H3. The van der Waals surface area contributed by atoms with Crippen LogP contribution in [0, 0.1) is 17.8 Å². The Labute approximate surface area is 178 Å². The average molecular weight is 405 g/mol. The van der Waals surface area contributed by atoms with E-state index in [-0.39, 0.29) is 5.82 Å². The number of anilines is 1. The van der Waals surface area contributed by atoms with Crippen molar-refractivity contribution in [3.63, 3.8) is 0 Å². The summed E-state index contributed by atoms with van der Waals surface area (Å²) in [5, 5.41) is 7.96. The molecule has 4 nitrogen and oxygen atoms in total. The molecule has 156 valence electrons. The van der Waals surface area contributed by atoms with Gasteiger partial charge < -0.3 is 20.1 Å². The highest BCUT2D eigenvalue weighted by Gasteiger charge is 2.16. The van der Waals surface area contributed by atoms with Crippen LogP contribution in [0.4, 0.5) is 10.1 Å². The fourth-order valence-corrected chi connectivity index (χ4v) is 4.05. The number of fused-ring (bicyclic) bond motifs is 1. The van der Waals surface area contributed by atoms with Crippen LogP contribution >= 0.6 is 0 Å². The second kappa shape index (κ2) is 9.34. The van der Waals surface area contributed by atoms with Crippen LogP contribution in [0.2, 0.25) is 0 Å². The number of likely N-dealkylation sites (tertiary alicyclic amines) is 1. The number of nitrogens with one attached hydrogen (secondary N) is 2. The first-order chi connectivity index (χ1) is 14.6. The third-order valence-electron chi connectivity index (χ3n) is 5.84. The highest BCUT2D eigenvalue weighted by atomic mass is 19.1. The van der Waals surface area contributed by atoms with Crippen molar-refractivity contribution in [1.29, 1.82) is 0 Å². The fraction of sp³-hybridized carbons (Fsp3) is 0.360. The van der Waals surface area contributed by atoms with Gasteiger partial charge in [0.05, 0.1) is 5.69 Å². The minimum absolute atomic E-state index is 0.249. The van der Waals surface area contributed by atoms with Crippen LogP contribution in [-0.2, 0) is 13.1 Å². The number of rotatable bonds is 5. The predicted molar refractivity (Wildman–Crippen MR) is 122 cm³/mol. The lowest BCUT2D eigenvalue weighted by molar-refractivity contribution is 0.234. The SMILES string of the molecule is CCn1c(C#CNc2ccc(F)cc2)cc2cc(CNC3CCN(C)CC3)ccc21. The van der Waals surface area contributed by atoms with E-state index in [0.717, 1.165) is 24.5 Å². The molecular formula is C25H29FN4. The number of hydrogen-bond donors (Lipinski definition) is 2. The van der Waals surface area contributed by atoms with Crippen LogP contribution < -0.4 is 10.6 Å². The Morgan fingerprint density at radius 3 is 2.57 bits per heavy atom. The summed E-state index contributed by atoms with van der Waals surface area (Å²) in [7, 11) is 2.19. The first-order valence-electron chi connectivity index (χ1n) is 10.7. The highest BCUT2D eigenvalue weighted by Crippen LogP contribution is 2.22. The molecule has 30 heavy (non-hydrogen) atoms. The maximum absolute atomic E-state index is 13.0. The Kier molecular flexibility index (Phi) is 6.37. The second-order valence-electron chi connectivity index (χ2n) is 8.01. The summed E-state index contributed by atoms with van der Waals surface area (Å²) in [5.41, 5.74) is 4.26. The molecule has 0 unspecified atom stereocenters. The van der Waals surface area contributed by atoms with Gasteiger partial charge in [0.15, 0.2) is 0 Å². The van der Waals surface area contributed by atoms with E-state index in [4.69, 9.17) is 0 Å². The molecule has 3 aromatic rings. The summed E-state index contributed by atoms with van der Waals surface area (Å²) in [6.07, 6.45) is 2.43. The Balaban J connectivity index is 1.46. The summed E-state index contributed by atoms with van der Waals surface area (Å²) < 4.78 is 15.3. The van der Waals surface area contributed by atoms with Gasteiger partial charge in [0.25, 0.3) is 0 Å². The van der Waals surface area contributed by atoms with E-state index in [0.29, 0.717) is 6.04 Å². The van der Waals surface area contributed by atoms with Crippen LogP contribution in [0.25, 0.3) is 10.9 Å². The van der Waals surface area contributed by atoms with Crippen LogP contribution in [-0.4, -0.2) is 35.6 Å². The van der Waals surface area contributed by atoms with Crippen LogP contribution in [0.3, 0.4) is 0 Å². The zero-order valence-electron chi connectivity index (χ0n) is 17.7. The first-order valence-corrected chi connectivity index (χ1v) is 10.7. The number of nitrogens with zero attached hydrogens (tertiary/aromatic N) is 2. The average Bonchev–Trinajstić information content (AvgIpc) is 3.11. The van der Waals surface area contributed by atoms with Crippen molar-refractivity contribution in [2.75, 3.05) is 25.5 Å². The van der Waals surface area contributed by atoms with Crippen LogP contribution in [0.1, 0.15) is 31.0 Å². The molecule has 0 atom stereocenters. The number of aromatic nitrogens is 1. The Hall–Kier alpha value is -2.81. The van der Waals surface area contributed by atoms with E-state index >= 15 is 0 Å². The van der Waals surface area contributed by atoms with Crippen molar-refractivity contribution in [2.45, 2.75) is 38.9 Å². The molecule has 0 radical (unpaired) electrons. The molecule has 2 aromatic carbocycles. The van der Waals surface area contributed by atoms with Gasteiger partial charge in [-0.25, -0.2) is 4.39 Å². The van der Waals surface area contributed by atoms with Gasteiger partial charge in [0.2, 0.25) is 0 Å². The zero-order chi connectivity index (χ0) is 20.9. The Morgan fingerprint density at radius 2 is 1.83 bits per heavy atom. The molecule has 1 saturated heterocycles. The first kappa shape index (κ1) is 20.5. The fourth-order valence-electron chi connectivity index (χ4n) is 4.05. The minimum atomic E-state index is -0.249. The van der Waals surface area contributed by atoms with Gasteiger partial charge in [-0.3, -0.25) is 0 Å². The van der Waals surface area contributed by atoms with E-state index in [1.54, 1.807) is 12.1 Å². The number of hydrogen-bond acceptors (Lipinski definition) is 3. The summed E-state index contributed by atoms with van der Waals surface area (Å²) in [6.45, 7) is 6.23. The molecule has 0 amide bonds. The van der Waals surface area contributed by atoms with Crippen molar-refractivity contribution < 1.29 is 4.39 Å². The third-order valence-corrected chi connectivity index (χ3v) is 5.84. The number of aryl methyl sites for hydroxylation is 1. The van der Waals surface area contributed by atoms with Crippen molar-refractivity contribution in [3.8, 4) is 12.0 Å². The second-order valence-corrected chi connectivity index (χ2v) is 8.01. The van der Waals surface area contributed by atoms with Crippen LogP contribution in [0.5, 0.6) is 0 Å². The van der Waals surface area contributed by atoms with E-state index in [2.05, 4.69) is 70.3 Å². The maximum Gasteiger partial charge on any atom is 0.123 e. The topological polar surface area (TPSA) is 32.2 Å². The van der Waals surface area contributed by atoms with Crippen molar-refractivity contribution >= 4 is 16.6 Å². The number of halogens is 1. The Morgan fingerprint density at radius 1 is 1.07 bits per heavy atom. The van der Waals surface area contributed by atoms with E-state index < -0.39 is 0 Å². The predicted octanol–water partition coefficient (Wildman–Crippen LogP) is 4.41. The van der Waals surface area contributed by atoms with Gasteiger partial charge >= 0.3 is 0 Å². The molecule has 1 fully saturated rings. The molecule has 0 bridgehead atoms. The van der Waals surface area contributed by atoms with E-state index in [1.165, 1.54) is 54.5 Å². The highest BCUT2D eigenvalue weighted by molar-refractivity contribution is 5.83.